The van der Waals surface area contributed by atoms with Crippen molar-refractivity contribution in [3.05, 3.63) is 65.0 Å². The van der Waals surface area contributed by atoms with E-state index in [1.165, 1.54) is 17.2 Å². The number of halogens is 1. The predicted octanol–water partition coefficient (Wildman–Crippen LogP) is 2.50. The Hall–Kier alpha value is -3.33. The molecule has 9 heteroatoms. The number of primary amides is 1. The summed E-state index contributed by atoms with van der Waals surface area (Å²) < 4.78 is 13.2. The van der Waals surface area contributed by atoms with E-state index in [2.05, 4.69) is 9.97 Å². The van der Waals surface area contributed by atoms with Crippen LogP contribution < -0.4 is 16.4 Å². The minimum atomic E-state index is -0.817. The van der Waals surface area contributed by atoms with Crippen LogP contribution in [0.1, 0.15) is 22.2 Å². The molecule has 1 amide bonds. The summed E-state index contributed by atoms with van der Waals surface area (Å²) in [6.07, 6.45) is 1.26. The Labute approximate surface area is 158 Å². The third-order valence-corrected chi connectivity index (χ3v) is 4.95. The number of thiazole rings is 1. The number of hydrogen-bond acceptors (Lipinski definition) is 7. The summed E-state index contributed by atoms with van der Waals surface area (Å²) in [5.41, 5.74) is 12.3. The number of aromatic nitrogens is 2. The summed E-state index contributed by atoms with van der Waals surface area (Å²) in [4.78, 5) is 34.0. The monoisotopic (exact) mass is 385 g/mol. The quantitative estimate of drug-likeness (QED) is 0.498. The largest absolute Gasteiger partial charge is 0.382 e. The van der Waals surface area contributed by atoms with Crippen molar-refractivity contribution in [2.45, 2.75) is 13.0 Å². The number of hydrogen-bond donors (Lipinski definition) is 2. The third kappa shape index (κ3) is 3.77. The van der Waals surface area contributed by atoms with E-state index in [4.69, 9.17) is 11.5 Å². The number of carbonyl (C=O) groups excluding carboxylic acids is 2. The van der Waals surface area contributed by atoms with Gasteiger partial charge in [-0.2, -0.15) is 4.39 Å². The molecule has 0 spiro atoms. The normalized spacial score (nSPS) is 11.8. The fourth-order valence-corrected chi connectivity index (χ4v) is 3.49. The van der Waals surface area contributed by atoms with Gasteiger partial charge < -0.3 is 16.4 Å². The highest BCUT2D eigenvalue weighted by Gasteiger charge is 2.27. The Morgan fingerprint density at radius 1 is 1.19 bits per heavy atom. The first-order valence-corrected chi connectivity index (χ1v) is 8.76. The Kier molecular flexibility index (Phi) is 5.13. The summed E-state index contributed by atoms with van der Waals surface area (Å²) in [6.45, 7) is 1.57. The van der Waals surface area contributed by atoms with Crippen molar-refractivity contribution < 1.29 is 14.0 Å². The van der Waals surface area contributed by atoms with Crippen LogP contribution in [-0.4, -0.2) is 27.7 Å². The molecule has 3 aromatic rings. The Balaban J connectivity index is 2.04. The van der Waals surface area contributed by atoms with Gasteiger partial charge in [0.05, 0.1) is 11.9 Å². The second-order valence-corrected chi connectivity index (χ2v) is 6.67. The Bertz CT molecular complexity index is 975. The summed E-state index contributed by atoms with van der Waals surface area (Å²) in [7, 11) is 0. The van der Waals surface area contributed by atoms with E-state index in [0.29, 0.717) is 11.3 Å². The number of pyridine rings is 1. The average Bonchev–Trinajstić information content (AvgIpc) is 3.04. The molecule has 0 aliphatic rings. The van der Waals surface area contributed by atoms with Crippen LogP contribution in [0.5, 0.6) is 0 Å². The van der Waals surface area contributed by atoms with Crippen LogP contribution in [-0.2, 0) is 4.79 Å². The van der Waals surface area contributed by atoms with Crippen molar-refractivity contribution in [3.8, 4) is 0 Å². The van der Waals surface area contributed by atoms with Crippen molar-refractivity contribution in [3.63, 3.8) is 0 Å². The fourth-order valence-electron chi connectivity index (χ4n) is 2.44. The van der Waals surface area contributed by atoms with Gasteiger partial charge in [-0.1, -0.05) is 41.7 Å². The molecule has 0 radical (unpaired) electrons. The summed E-state index contributed by atoms with van der Waals surface area (Å²) in [5.74, 6) is -1.52. The number of rotatable bonds is 6. The zero-order valence-corrected chi connectivity index (χ0v) is 15.1. The van der Waals surface area contributed by atoms with Gasteiger partial charge in [-0.15, -0.1) is 0 Å². The first-order chi connectivity index (χ1) is 12.9. The van der Waals surface area contributed by atoms with Crippen molar-refractivity contribution in [1.29, 1.82) is 0 Å². The van der Waals surface area contributed by atoms with E-state index in [1.807, 2.05) is 0 Å². The van der Waals surface area contributed by atoms with Gasteiger partial charge in [0, 0.05) is 5.56 Å². The number of nitrogens with two attached hydrogens (primary N) is 2. The van der Waals surface area contributed by atoms with Crippen LogP contribution in [0.2, 0.25) is 0 Å². The van der Waals surface area contributed by atoms with E-state index in [1.54, 1.807) is 37.3 Å². The smallest absolute Gasteiger partial charge is 0.240 e. The van der Waals surface area contributed by atoms with E-state index < -0.39 is 17.9 Å². The average molecular weight is 385 g/mol. The van der Waals surface area contributed by atoms with Gasteiger partial charge in [0.1, 0.15) is 16.7 Å². The first kappa shape index (κ1) is 18.5. The molecule has 0 saturated heterocycles. The molecule has 0 bridgehead atoms. The highest BCUT2D eigenvalue weighted by atomic mass is 32.1. The van der Waals surface area contributed by atoms with Gasteiger partial charge >= 0.3 is 0 Å². The molecular weight excluding hydrogens is 369 g/mol. The number of carbonyl (C=O) groups is 2. The lowest BCUT2D eigenvalue weighted by Crippen LogP contribution is -2.40. The zero-order chi connectivity index (χ0) is 19.6. The first-order valence-electron chi connectivity index (χ1n) is 7.94. The maximum Gasteiger partial charge on any atom is 0.240 e. The summed E-state index contributed by atoms with van der Waals surface area (Å²) >= 11 is 1.03. The molecule has 0 aliphatic heterocycles. The number of amides is 1. The number of ketones is 1. The Morgan fingerprint density at radius 3 is 2.48 bits per heavy atom. The van der Waals surface area contributed by atoms with Crippen LogP contribution >= 0.6 is 11.3 Å². The molecule has 27 heavy (non-hydrogen) atoms. The molecule has 4 N–H and O–H groups in total. The number of anilines is 3. The summed E-state index contributed by atoms with van der Waals surface area (Å²) in [6, 6.07) is 10.4. The van der Waals surface area contributed by atoms with Gasteiger partial charge in [0.15, 0.2) is 5.13 Å². The summed E-state index contributed by atoms with van der Waals surface area (Å²) in [5, 5.41) is 0.284. The highest BCUT2D eigenvalue weighted by Crippen LogP contribution is 2.35. The molecule has 1 unspecified atom stereocenters. The maximum absolute atomic E-state index is 13.2. The second-order valence-electron chi connectivity index (χ2n) is 5.69. The van der Waals surface area contributed by atoms with Crippen LogP contribution in [0.15, 0.2) is 48.7 Å². The standard InChI is InChI=1S/C18H16FN5O2S/c1-10(17(21)26)24(12-7-8-13(19)22-9-12)18-23-16(20)15(27-18)14(25)11-5-3-2-4-6-11/h2-10H,20H2,1H3,(H2,21,26). The second kappa shape index (κ2) is 7.50. The van der Waals surface area contributed by atoms with Crippen molar-refractivity contribution >= 4 is 39.7 Å². The topological polar surface area (TPSA) is 115 Å². The van der Waals surface area contributed by atoms with E-state index in [0.717, 1.165) is 17.4 Å². The third-order valence-electron chi connectivity index (χ3n) is 3.88. The van der Waals surface area contributed by atoms with Crippen molar-refractivity contribution in [1.82, 2.24) is 9.97 Å². The molecule has 7 nitrogen and oxygen atoms in total. The molecule has 3 rings (SSSR count). The lowest BCUT2D eigenvalue weighted by molar-refractivity contribution is -0.118. The molecule has 0 saturated carbocycles. The Morgan fingerprint density at radius 2 is 1.89 bits per heavy atom. The number of nitrogen functional groups attached to an aromatic ring is 1. The van der Waals surface area contributed by atoms with Gasteiger partial charge in [-0.05, 0) is 19.1 Å². The lowest BCUT2D eigenvalue weighted by atomic mass is 10.1. The van der Waals surface area contributed by atoms with Crippen LogP contribution in [0.25, 0.3) is 0 Å². The predicted molar refractivity (Wildman–Crippen MR) is 101 cm³/mol. The van der Waals surface area contributed by atoms with E-state index >= 15 is 0 Å². The van der Waals surface area contributed by atoms with Crippen molar-refractivity contribution in [2.24, 2.45) is 5.73 Å². The van der Waals surface area contributed by atoms with Crippen LogP contribution in [0, 0.1) is 5.95 Å². The maximum atomic E-state index is 13.2. The van der Waals surface area contributed by atoms with Gasteiger partial charge in [0.25, 0.3) is 0 Å². The molecule has 2 aromatic heterocycles. The molecule has 0 aliphatic carbocycles. The molecule has 2 heterocycles. The number of nitrogens with zero attached hydrogens (tertiary/aromatic N) is 3. The molecular formula is C18H16FN5O2S. The fraction of sp³-hybridized carbons (Fsp3) is 0.111. The minimum Gasteiger partial charge on any atom is -0.382 e. The zero-order valence-electron chi connectivity index (χ0n) is 14.3. The highest BCUT2D eigenvalue weighted by molar-refractivity contribution is 7.18. The van der Waals surface area contributed by atoms with Crippen LogP contribution in [0.3, 0.4) is 0 Å². The molecule has 1 atom stereocenters. The lowest BCUT2D eigenvalue weighted by Gasteiger charge is -2.26. The van der Waals surface area contributed by atoms with Crippen molar-refractivity contribution in [2.75, 3.05) is 10.6 Å². The van der Waals surface area contributed by atoms with E-state index in [9.17, 15) is 14.0 Å². The van der Waals surface area contributed by atoms with E-state index in [-0.39, 0.29) is 21.6 Å². The van der Waals surface area contributed by atoms with Gasteiger partial charge in [0.2, 0.25) is 17.6 Å². The minimum absolute atomic E-state index is 0.0422. The number of benzene rings is 1. The SMILES string of the molecule is CC(C(N)=O)N(c1ccc(F)nc1)c1nc(N)c(C(=O)c2ccccc2)s1. The molecule has 138 valence electrons. The van der Waals surface area contributed by atoms with Gasteiger partial charge in [-0.25, -0.2) is 9.97 Å². The van der Waals surface area contributed by atoms with Crippen LogP contribution in [0.4, 0.5) is 21.0 Å². The molecule has 0 fully saturated rings. The van der Waals surface area contributed by atoms with Gasteiger partial charge in [-0.3, -0.25) is 9.59 Å². The molecule has 1 aromatic carbocycles.